The van der Waals surface area contributed by atoms with E-state index in [0.717, 1.165) is 17.4 Å². The number of nitro benzene ring substituents is 1. The zero-order chi connectivity index (χ0) is 10.3. The molecule has 0 radical (unpaired) electrons. The quantitative estimate of drug-likeness (QED) is 0.561. The second-order valence-electron chi connectivity index (χ2n) is 2.50. The third kappa shape index (κ3) is 1.42. The minimum atomic E-state index is -0.679. The van der Waals surface area contributed by atoms with E-state index in [0.29, 0.717) is 4.70 Å². The summed E-state index contributed by atoms with van der Waals surface area (Å²) in [6.07, 6.45) is 0. The van der Waals surface area contributed by atoms with Crippen LogP contribution in [0.25, 0.3) is 10.2 Å². The number of hydrogen-bond donors (Lipinski definition) is 0. The summed E-state index contributed by atoms with van der Waals surface area (Å²) in [7, 11) is 0. The molecule has 1 aromatic carbocycles. The fraction of sp³-hybridized carbons (Fsp3) is 0. The minimum Gasteiger partial charge on any atom is -0.258 e. The summed E-state index contributed by atoms with van der Waals surface area (Å²) in [6.45, 7) is 0. The molecule has 7 heteroatoms. The van der Waals surface area contributed by atoms with Gasteiger partial charge in [0.1, 0.15) is 5.82 Å². The third-order valence-electron chi connectivity index (χ3n) is 1.61. The number of benzene rings is 1. The minimum absolute atomic E-state index is 0.131. The molecule has 0 N–H and O–H groups in total. The number of halogens is 2. The van der Waals surface area contributed by atoms with Gasteiger partial charge in [0.25, 0.3) is 5.69 Å². The van der Waals surface area contributed by atoms with Crippen molar-refractivity contribution in [2.45, 2.75) is 0 Å². The van der Waals surface area contributed by atoms with E-state index in [-0.39, 0.29) is 15.7 Å². The highest BCUT2D eigenvalue weighted by Gasteiger charge is 2.17. The van der Waals surface area contributed by atoms with E-state index >= 15 is 0 Å². The van der Waals surface area contributed by atoms with Crippen molar-refractivity contribution < 1.29 is 9.31 Å². The molecule has 2 aromatic rings. The first-order chi connectivity index (χ1) is 6.58. The van der Waals surface area contributed by atoms with Crippen LogP contribution >= 0.6 is 22.9 Å². The molecule has 0 aliphatic heterocycles. The standard InChI is InChI=1S/C7H2ClFN2O2S/c8-7-10-6-4(11(12)13)1-3(9)2-5(6)14-7/h1-2H. The summed E-state index contributed by atoms with van der Waals surface area (Å²) in [4.78, 5) is 13.6. The second kappa shape index (κ2) is 3.14. The molecule has 0 atom stereocenters. The fourth-order valence-corrected chi connectivity index (χ4v) is 2.16. The largest absolute Gasteiger partial charge is 0.299 e. The Morgan fingerprint density at radius 1 is 1.57 bits per heavy atom. The van der Waals surface area contributed by atoms with Crippen molar-refractivity contribution in [1.82, 2.24) is 4.98 Å². The highest BCUT2D eigenvalue weighted by atomic mass is 35.5. The van der Waals surface area contributed by atoms with Crippen molar-refractivity contribution in [3.8, 4) is 0 Å². The smallest absolute Gasteiger partial charge is 0.258 e. The molecule has 4 nitrogen and oxygen atoms in total. The molecule has 0 aliphatic rings. The van der Waals surface area contributed by atoms with Gasteiger partial charge in [0.2, 0.25) is 0 Å². The summed E-state index contributed by atoms with van der Waals surface area (Å²) in [6, 6.07) is 2.00. The predicted molar refractivity (Wildman–Crippen MR) is 51.2 cm³/mol. The van der Waals surface area contributed by atoms with Gasteiger partial charge in [0, 0.05) is 0 Å². The average Bonchev–Trinajstić information content (AvgIpc) is 2.42. The summed E-state index contributed by atoms with van der Waals surface area (Å²) >= 11 is 6.58. The SMILES string of the molecule is O=[N+]([O-])c1cc(F)cc2sc(Cl)nc12. The Balaban J connectivity index is 2.85. The Bertz CT molecular complexity index is 528. The lowest BCUT2D eigenvalue weighted by Gasteiger charge is -1.92. The summed E-state index contributed by atoms with van der Waals surface area (Å²) in [5.41, 5.74) is -0.227. The number of hydrogen-bond acceptors (Lipinski definition) is 4. The molecule has 72 valence electrons. The maximum Gasteiger partial charge on any atom is 0.299 e. The fourth-order valence-electron chi connectivity index (χ4n) is 1.09. The van der Waals surface area contributed by atoms with E-state index in [1.165, 1.54) is 6.07 Å². The van der Waals surface area contributed by atoms with E-state index in [1.807, 2.05) is 0 Å². The molecule has 0 saturated heterocycles. The predicted octanol–water partition coefficient (Wildman–Crippen LogP) is 3.00. The molecule has 1 heterocycles. The maximum absolute atomic E-state index is 12.9. The van der Waals surface area contributed by atoms with E-state index in [2.05, 4.69) is 4.98 Å². The van der Waals surface area contributed by atoms with Gasteiger partial charge < -0.3 is 0 Å². The number of nitro groups is 1. The Morgan fingerprint density at radius 2 is 2.29 bits per heavy atom. The van der Waals surface area contributed by atoms with Crippen LogP contribution < -0.4 is 0 Å². The van der Waals surface area contributed by atoms with E-state index in [9.17, 15) is 14.5 Å². The molecule has 1 aromatic heterocycles. The summed E-state index contributed by atoms with van der Waals surface area (Å²) < 4.78 is 13.4. The topological polar surface area (TPSA) is 56.0 Å². The first-order valence-corrected chi connectivity index (χ1v) is 4.67. The highest BCUT2D eigenvalue weighted by Crippen LogP contribution is 2.32. The van der Waals surface area contributed by atoms with Crippen molar-refractivity contribution in [1.29, 1.82) is 0 Å². The van der Waals surface area contributed by atoms with Gasteiger partial charge >= 0.3 is 0 Å². The normalized spacial score (nSPS) is 10.7. The molecule has 0 saturated carbocycles. The van der Waals surface area contributed by atoms with Crippen molar-refractivity contribution in [2.75, 3.05) is 0 Å². The van der Waals surface area contributed by atoms with Gasteiger partial charge in [-0.05, 0) is 6.07 Å². The lowest BCUT2D eigenvalue weighted by atomic mass is 10.3. The van der Waals surface area contributed by atoms with Gasteiger partial charge in [-0.1, -0.05) is 11.6 Å². The maximum atomic E-state index is 12.9. The number of aromatic nitrogens is 1. The van der Waals surface area contributed by atoms with Crippen molar-refractivity contribution >= 4 is 38.8 Å². The van der Waals surface area contributed by atoms with Crippen LogP contribution in [0.5, 0.6) is 0 Å². The van der Waals surface area contributed by atoms with Crippen molar-refractivity contribution in [3.05, 3.63) is 32.5 Å². The van der Waals surface area contributed by atoms with Crippen LogP contribution in [0, 0.1) is 15.9 Å². The van der Waals surface area contributed by atoms with Crippen molar-refractivity contribution in [3.63, 3.8) is 0 Å². The van der Waals surface area contributed by atoms with Gasteiger partial charge in [-0.25, -0.2) is 9.37 Å². The molecule has 0 fully saturated rings. The lowest BCUT2D eigenvalue weighted by molar-refractivity contribution is -0.383. The monoisotopic (exact) mass is 232 g/mol. The van der Waals surface area contributed by atoms with Gasteiger partial charge in [0.05, 0.1) is 15.7 Å². The van der Waals surface area contributed by atoms with Gasteiger partial charge in [-0.2, -0.15) is 0 Å². The lowest BCUT2D eigenvalue weighted by Crippen LogP contribution is -1.90. The molecule has 14 heavy (non-hydrogen) atoms. The second-order valence-corrected chi connectivity index (χ2v) is 4.11. The third-order valence-corrected chi connectivity index (χ3v) is 2.72. The first-order valence-electron chi connectivity index (χ1n) is 3.48. The average molecular weight is 233 g/mol. The summed E-state index contributed by atoms with van der Waals surface area (Å²) in [5.74, 6) is -0.662. The van der Waals surface area contributed by atoms with Gasteiger partial charge in [-0.15, -0.1) is 11.3 Å². The molecular formula is C7H2ClFN2O2S. The van der Waals surface area contributed by atoms with Crippen LogP contribution in [0.4, 0.5) is 10.1 Å². The van der Waals surface area contributed by atoms with Crippen LogP contribution in [0.1, 0.15) is 0 Å². The van der Waals surface area contributed by atoms with E-state index in [1.54, 1.807) is 0 Å². The molecular weight excluding hydrogens is 231 g/mol. The Labute approximate surface area is 86.1 Å². The highest BCUT2D eigenvalue weighted by molar-refractivity contribution is 7.22. The number of thiazole rings is 1. The molecule has 0 bridgehead atoms. The molecule has 2 rings (SSSR count). The molecule has 0 aliphatic carbocycles. The van der Waals surface area contributed by atoms with Gasteiger partial charge in [-0.3, -0.25) is 10.1 Å². The van der Waals surface area contributed by atoms with Crippen molar-refractivity contribution in [2.24, 2.45) is 0 Å². The van der Waals surface area contributed by atoms with Crippen LogP contribution in [0.3, 0.4) is 0 Å². The van der Waals surface area contributed by atoms with E-state index in [4.69, 9.17) is 11.6 Å². The van der Waals surface area contributed by atoms with Crippen LogP contribution in [-0.4, -0.2) is 9.91 Å². The number of non-ortho nitro benzene ring substituents is 1. The zero-order valence-electron chi connectivity index (χ0n) is 6.53. The zero-order valence-corrected chi connectivity index (χ0v) is 8.10. The van der Waals surface area contributed by atoms with Crippen LogP contribution in [0.2, 0.25) is 4.47 Å². The Morgan fingerprint density at radius 3 is 2.93 bits per heavy atom. The molecule has 0 spiro atoms. The molecule has 0 amide bonds. The molecule has 0 unspecified atom stereocenters. The Hall–Kier alpha value is -1.27. The van der Waals surface area contributed by atoms with Gasteiger partial charge in [0.15, 0.2) is 9.98 Å². The van der Waals surface area contributed by atoms with E-state index < -0.39 is 10.7 Å². The first kappa shape index (κ1) is 9.29. The number of fused-ring (bicyclic) bond motifs is 1. The van der Waals surface area contributed by atoms with Crippen LogP contribution in [-0.2, 0) is 0 Å². The number of rotatable bonds is 1. The summed E-state index contributed by atoms with van der Waals surface area (Å²) in [5, 5.41) is 10.5. The number of nitrogens with zero attached hydrogens (tertiary/aromatic N) is 2. The Kier molecular flexibility index (Phi) is 2.09. The van der Waals surface area contributed by atoms with Crippen LogP contribution in [0.15, 0.2) is 12.1 Å².